The summed E-state index contributed by atoms with van der Waals surface area (Å²) in [6.45, 7) is 6.50. The van der Waals surface area contributed by atoms with E-state index >= 15 is 0 Å². The molecule has 164 valence electrons. The van der Waals surface area contributed by atoms with Crippen molar-refractivity contribution in [2.45, 2.75) is 20.0 Å². The number of nitrogens with zero attached hydrogens (tertiary/aromatic N) is 2. The van der Waals surface area contributed by atoms with Crippen LogP contribution in [0.25, 0.3) is 0 Å². The molecule has 1 heterocycles. The molecule has 0 spiro atoms. The highest BCUT2D eigenvalue weighted by Crippen LogP contribution is 2.26. The lowest BCUT2D eigenvalue weighted by Gasteiger charge is -2.25. The van der Waals surface area contributed by atoms with Gasteiger partial charge in [0, 0.05) is 37.7 Å². The summed E-state index contributed by atoms with van der Waals surface area (Å²) in [5.41, 5.74) is 0. The first-order valence-corrected chi connectivity index (χ1v) is 12.6. The van der Waals surface area contributed by atoms with Crippen LogP contribution in [0.2, 0.25) is 0 Å². The Labute approximate surface area is 178 Å². The van der Waals surface area contributed by atoms with Crippen LogP contribution in [0.1, 0.15) is 13.8 Å². The number of methoxy groups -OCH3 is 1. The first kappa shape index (κ1) is 23.6. The van der Waals surface area contributed by atoms with Gasteiger partial charge in [-0.2, -0.15) is 11.8 Å². The van der Waals surface area contributed by atoms with Gasteiger partial charge in [0.2, 0.25) is 10.0 Å². The summed E-state index contributed by atoms with van der Waals surface area (Å²) >= 11 is 1.79. The number of hydrogen-bond acceptors (Lipinski definition) is 6. The van der Waals surface area contributed by atoms with Crippen molar-refractivity contribution in [3.63, 3.8) is 0 Å². The van der Waals surface area contributed by atoms with E-state index in [-0.39, 0.29) is 11.9 Å². The fourth-order valence-electron chi connectivity index (χ4n) is 2.78. The van der Waals surface area contributed by atoms with Gasteiger partial charge in [0.25, 0.3) is 0 Å². The number of nitrogens with one attached hydrogen (secondary N) is 2. The third kappa shape index (κ3) is 7.94. The fraction of sp³-hybridized carbons (Fsp3) is 0.632. The van der Waals surface area contributed by atoms with Gasteiger partial charge in [-0.15, -0.1) is 0 Å². The number of para-hydroxylation sites is 2. The van der Waals surface area contributed by atoms with Gasteiger partial charge in [-0.05, 0) is 26.0 Å². The number of sulfonamides is 1. The molecule has 0 aliphatic carbocycles. The number of ether oxygens (including phenoxy) is 2. The summed E-state index contributed by atoms with van der Waals surface area (Å²) in [6, 6.07) is 7.48. The van der Waals surface area contributed by atoms with Crippen molar-refractivity contribution in [2.75, 3.05) is 57.1 Å². The Morgan fingerprint density at radius 2 is 1.93 bits per heavy atom. The van der Waals surface area contributed by atoms with Crippen LogP contribution in [0, 0.1) is 0 Å². The van der Waals surface area contributed by atoms with Gasteiger partial charge >= 0.3 is 0 Å². The van der Waals surface area contributed by atoms with Crippen molar-refractivity contribution < 1.29 is 17.9 Å². The fourth-order valence-corrected chi connectivity index (χ4v) is 5.28. The van der Waals surface area contributed by atoms with Crippen molar-refractivity contribution >= 4 is 27.7 Å². The maximum absolute atomic E-state index is 12.4. The van der Waals surface area contributed by atoms with Crippen LogP contribution in [0.15, 0.2) is 29.3 Å². The topological polar surface area (TPSA) is 92.3 Å². The SMILES string of the molecule is CCNC(=NCC(C)Oc1ccccc1OC)NCCS(=O)(=O)N1CCSCC1. The third-order valence-electron chi connectivity index (χ3n) is 4.26. The van der Waals surface area contributed by atoms with E-state index < -0.39 is 10.0 Å². The maximum atomic E-state index is 12.4. The molecule has 10 heteroatoms. The summed E-state index contributed by atoms with van der Waals surface area (Å²) < 4.78 is 37.7. The van der Waals surface area contributed by atoms with Gasteiger partial charge in [-0.25, -0.2) is 17.7 Å². The lowest BCUT2D eigenvalue weighted by Crippen LogP contribution is -2.44. The van der Waals surface area contributed by atoms with Gasteiger partial charge in [-0.3, -0.25) is 0 Å². The molecule has 1 saturated heterocycles. The first-order valence-electron chi connectivity index (χ1n) is 9.83. The van der Waals surface area contributed by atoms with E-state index in [1.165, 1.54) is 0 Å². The summed E-state index contributed by atoms with van der Waals surface area (Å²) in [6.07, 6.45) is -0.170. The molecule has 2 N–H and O–H groups in total. The van der Waals surface area contributed by atoms with E-state index in [4.69, 9.17) is 9.47 Å². The third-order valence-corrected chi connectivity index (χ3v) is 7.08. The Hall–Kier alpha value is -1.65. The van der Waals surface area contributed by atoms with E-state index in [1.54, 1.807) is 23.2 Å². The molecular formula is C19H32N4O4S2. The Balaban J connectivity index is 1.85. The Morgan fingerprint density at radius 1 is 1.24 bits per heavy atom. The minimum Gasteiger partial charge on any atom is -0.493 e. The number of benzene rings is 1. The summed E-state index contributed by atoms with van der Waals surface area (Å²) in [5.74, 6) is 3.69. The average Bonchev–Trinajstić information content (AvgIpc) is 2.73. The van der Waals surface area contributed by atoms with Crippen LogP contribution in [-0.2, 0) is 10.0 Å². The van der Waals surface area contributed by atoms with Crippen LogP contribution in [0.3, 0.4) is 0 Å². The van der Waals surface area contributed by atoms with Crippen molar-refractivity contribution in [2.24, 2.45) is 4.99 Å². The van der Waals surface area contributed by atoms with Crippen LogP contribution in [-0.4, -0.2) is 81.9 Å². The molecule has 1 aliphatic heterocycles. The Bertz CT molecular complexity index is 752. The normalized spacial score (nSPS) is 16.9. The predicted molar refractivity (Wildman–Crippen MR) is 120 cm³/mol. The molecule has 2 rings (SSSR count). The van der Waals surface area contributed by atoms with E-state index in [9.17, 15) is 8.42 Å². The van der Waals surface area contributed by atoms with Gasteiger partial charge < -0.3 is 20.1 Å². The van der Waals surface area contributed by atoms with Crippen molar-refractivity contribution in [1.29, 1.82) is 0 Å². The standard InChI is InChI=1S/C19H32N4O4S2/c1-4-20-19(21-9-14-29(24,25)23-10-12-28-13-11-23)22-15-16(2)27-18-8-6-5-7-17(18)26-3/h5-8,16H,4,9-15H2,1-3H3,(H2,20,21,22). The average molecular weight is 445 g/mol. The molecule has 1 unspecified atom stereocenters. The highest BCUT2D eigenvalue weighted by Gasteiger charge is 2.23. The minimum atomic E-state index is -3.24. The molecule has 0 saturated carbocycles. The molecule has 8 nitrogen and oxygen atoms in total. The minimum absolute atomic E-state index is 0.0509. The zero-order valence-electron chi connectivity index (χ0n) is 17.4. The second-order valence-electron chi connectivity index (χ2n) is 6.55. The summed E-state index contributed by atoms with van der Waals surface area (Å²) in [5, 5.41) is 6.24. The number of hydrogen-bond donors (Lipinski definition) is 2. The van der Waals surface area contributed by atoms with Crippen LogP contribution < -0.4 is 20.1 Å². The van der Waals surface area contributed by atoms with Crippen molar-refractivity contribution in [1.82, 2.24) is 14.9 Å². The number of guanidine groups is 1. The molecule has 29 heavy (non-hydrogen) atoms. The molecule has 0 amide bonds. The molecule has 0 aromatic heterocycles. The Morgan fingerprint density at radius 3 is 2.59 bits per heavy atom. The van der Waals surface area contributed by atoms with Gasteiger partial charge in [0.1, 0.15) is 6.10 Å². The summed E-state index contributed by atoms with van der Waals surface area (Å²) in [7, 11) is -1.63. The molecule has 1 fully saturated rings. The molecule has 0 bridgehead atoms. The van der Waals surface area contributed by atoms with E-state index in [2.05, 4.69) is 15.6 Å². The van der Waals surface area contributed by atoms with Gasteiger partial charge in [-0.1, -0.05) is 12.1 Å². The Kier molecular flexibility index (Phi) is 9.89. The number of thioether (sulfide) groups is 1. The van der Waals surface area contributed by atoms with Gasteiger partial charge in [0.05, 0.1) is 19.4 Å². The number of rotatable bonds is 10. The molecule has 1 aliphatic rings. The highest BCUT2D eigenvalue weighted by molar-refractivity contribution is 7.99. The largest absolute Gasteiger partial charge is 0.493 e. The predicted octanol–water partition coefficient (Wildman–Crippen LogP) is 1.40. The zero-order chi connectivity index (χ0) is 21.1. The second-order valence-corrected chi connectivity index (χ2v) is 9.87. The smallest absolute Gasteiger partial charge is 0.215 e. The monoisotopic (exact) mass is 444 g/mol. The van der Waals surface area contributed by atoms with E-state index in [0.717, 1.165) is 11.5 Å². The molecule has 0 radical (unpaired) electrons. The van der Waals surface area contributed by atoms with E-state index in [1.807, 2.05) is 38.1 Å². The first-order chi connectivity index (χ1) is 14.0. The molecule has 1 aromatic rings. The summed E-state index contributed by atoms with van der Waals surface area (Å²) in [4.78, 5) is 4.51. The maximum Gasteiger partial charge on any atom is 0.215 e. The molecular weight excluding hydrogens is 412 g/mol. The quantitative estimate of drug-likeness (QED) is 0.416. The van der Waals surface area contributed by atoms with Crippen LogP contribution >= 0.6 is 11.8 Å². The van der Waals surface area contributed by atoms with Gasteiger partial charge in [0.15, 0.2) is 17.5 Å². The second kappa shape index (κ2) is 12.1. The number of aliphatic imine (C=N–C) groups is 1. The van der Waals surface area contributed by atoms with Crippen molar-refractivity contribution in [3.8, 4) is 11.5 Å². The molecule has 1 aromatic carbocycles. The van der Waals surface area contributed by atoms with Crippen LogP contribution in [0.5, 0.6) is 11.5 Å². The zero-order valence-corrected chi connectivity index (χ0v) is 19.0. The van der Waals surface area contributed by atoms with Crippen molar-refractivity contribution in [3.05, 3.63) is 24.3 Å². The van der Waals surface area contributed by atoms with E-state index in [0.29, 0.717) is 50.2 Å². The highest BCUT2D eigenvalue weighted by atomic mass is 32.2. The lowest BCUT2D eigenvalue weighted by molar-refractivity contribution is 0.219. The lowest BCUT2D eigenvalue weighted by atomic mass is 10.3. The molecule has 1 atom stereocenters. The van der Waals surface area contributed by atoms with Crippen LogP contribution in [0.4, 0.5) is 0 Å².